The number of rotatable bonds is 7. The molecule has 32 heavy (non-hydrogen) atoms. The second-order valence-electron chi connectivity index (χ2n) is 8.33. The summed E-state index contributed by atoms with van der Waals surface area (Å²) >= 11 is 0. The Labute approximate surface area is 187 Å². The van der Waals surface area contributed by atoms with Crippen LogP contribution in [0.25, 0.3) is 11.4 Å². The lowest BCUT2D eigenvalue weighted by Crippen LogP contribution is -2.50. The van der Waals surface area contributed by atoms with Crippen LogP contribution in [0.15, 0.2) is 30.3 Å². The number of aromatic nitrogens is 2. The molecule has 1 aromatic heterocycles. The van der Waals surface area contributed by atoms with Crippen LogP contribution >= 0.6 is 0 Å². The molecule has 5 nitrogen and oxygen atoms in total. The van der Waals surface area contributed by atoms with Crippen molar-refractivity contribution in [1.82, 2.24) is 14.9 Å². The van der Waals surface area contributed by atoms with Gasteiger partial charge in [0.15, 0.2) is 5.82 Å². The molecule has 2 aromatic rings. The lowest BCUT2D eigenvalue weighted by molar-refractivity contribution is -0.137. The molecule has 1 fully saturated rings. The molecule has 1 aromatic carbocycles. The lowest BCUT2D eigenvalue weighted by Gasteiger charge is -2.37. The Morgan fingerprint density at radius 1 is 1.09 bits per heavy atom. The molecule has 0 radical (unpaired) electrons. The molecular weight excluding hydrogens is 417 g/mol. The first-order valence-corrected chi connectivity index (χ1v) is 11.3. The van der Waals surface area contributed by atoms with Crippen molar-refractivity contribution in [3.8, 4) is 11.4 Å². The number of hydrogen-bond acceptors (Lipinski definition) is 4. The van der Waals surface area contributed by atoms with Gasteiger partial charge in [-0.3, -0.25) is 4.79 Å². The highest BCUT2D eigenvalue weighted by Crippen LogP contribution is 2.32. The maximum Gasteiger partial charge on any atom is 0.416 e. The van der Waals surface area contributed by atoms with Crippen LogP contribution in [0, 0.1) is 12.8 Å². The summed E-state index contributed by atoms with van der Waals surface area (Å²) < 4.78 is 39.3. The Morgan fingerprint density at radius 3 is 2.44 bits per heavy atom. The first kappa shape index (κ1) is 24.0. The number of anilines is 1. The van der Waals surface area contributed by atoms with Gasteiger partial charge in [-0.2, -0.15) is 13.2 Å². The van der Waals surface area contributed by atoms with Gasteiger partial charge in [0, 0.05) is 49.4 Å². The highest BCUT2D eigenvalue weighted by molar-refractivity contribution is 5.79. The van der Waals surface area contributed by atoms with E-state index in [1.165, 1.54) is 6.07 Å². The molecule has 1 saturated heterocycles. The number of hydrogen-bond donors (Lipinski definition) is 0. The zero-order chi connectivity index (χ0) is 23.3. The predicted octanol–water partition coefficient (Wildman–Crippen LogP) is 5.34. The van der Waals surface area contributed by atoms with Crippen LogP contribution in [0.1, 0.15) is 50.8 Å². The second kappa shape index (κ2) is 10.3. The van der Waals surface area contributed by atoms with Gasteiger partial charge in [0.1, 0.15) is 5.82 Å². The monoisotopic (exact) mass is 448 g/mol. The average Bonchev–Trinajstić information content (AvgIpc) is 2.78. The van der Waals surface area contributed by atoms with Crippen LogP contribution in [0.5, 0.6) is 0 Å². The molecule has 0 saturated carbocycles. The maximum atomic E-state index is 13.1. The summed E-state index contributed by atoms with van der Waals surface area (Å²) in [4.78, 5) is 25.8. The lowest BCUT2D eigenvalue weighted by atomic mass is 9.97. The molecule has 0 spiro atoms. The number of nitrogens with zero attached hydrogens (tertiary/aromatic N) is 4. The standard InChI is InChI=1S/C24H31F3N4O/c1-4-6-8-18(5-2)23(32)31-13-11-30(12-14-31)21-15-17(3)28-22(29-21)19-9-7-10-20(16-19)24(25,26)27/h7,9-10,15-16,18H,4-6,8,11-14H2,1-3H3. The Balaban J connectivity index is 1.73. The number of aryl methyl sites for hydroxylation is 1. The summed E-state index contributed by atoms with van der Waals surface area (Å²) in [6.07, 6.45) is -0.497. The summed E-state index contributed by atoms with van der Waals surface area (Å²) in [5.41, 5.74) is 0.300. The Kier molecular flexibility index (Phi) is 7.74. The van der Waals surface area contributed by atoms with Gasteiger partial charge in [-0.05, 0) is 31.9 Å². The van der Waals surface area contributed by atoms with E-state index in [2.05, 4.69) is 28.7 Å². The molecule has 0 N–H and O–H groups in total. The Morgan fingerprint density at radius 2 is 1.81 bits per heavy atom. The third-order valence-electron chi connectivity index (χ3n) is 5.95. The van der Waals surface area contributed by atoms with Crippen molar-refractivity contribution >= 4 is 11.7 Å². The van der Waals surface area contributed by atoms with Crippen LogP contribution in [-0.4, -0.2) is 47.0 Å². The molecule has 174 valence electrons. The molecular formula is C24H31F3N4O. The van der Waals surface area contributed by atoms with E-state index in [0.717, 1.165) is 37.8 Å². The fourth-order valence-corrected chi connectivity index (χ4v) is 4.04. The summed E-state index contributed by atoms with van der Waals surface area (Å²) in [6.45, 7) is 8.50. The third-order valence-corrected chi connectivity index (χ3v) is 5.95. The zero-order valence-corrected chi connectivity index (χ0v) is 19.0. The Hall–Kier alpha value is -2.64. The van der Waals surface area contributed by atoms with Gasteiger partial charge in [0.25, 0.3) is 0 Å². The molecule has 3 rings (SSSR count). The van der Waals surface area contributed by atoms with Gasteiger partial charge >= 0.3 is 6.18 Å². The van der Waals surface area contributed by atoms with Crippen LogP contribution in [0.4, 0.5) is 19.0 Å². The summed E-state index contributed by atoms with van der Waals surface area (Å²) in [6, 6.07) is 6.92. The number of piperazine rings is 1. The Bertz CT molecular complexity index is 924. The number of carbonyl (C=O) groups is 1. The van der Waals surface area contributed by atoms with E-state index in [4.69, 9.17) is 0 Å². The van der Waals surface area contributed by atoms with Gasteiger partial charge in [-0.15, -0.1) is 0 Å². The van der Waals surface area contributed by atoms with Crippen molar-refractivity contribution < 1.29 is 18.0 Å². The summed E-state index contributed by atoms with van der Waals surface area (Å²) in [5, 5.41) is 0. The van der Waals surface area contributed by atoms with Gasteiger partial charge in [0.05, 0.1) is 5.56 Å². The topological polar surface area (TPSA) is 49.3 Å². The van der Waals surface area contributed by atoms with Gasteiger partial charge in [-0.1, -0.05) is 38.8 Å². The van der Waals surface area contributed by atoms with Crippen LogP contribution < -0.4 is 4.90 Å². The van der Waals surface area contributed by atoms with E-state index in [1.54, 1.807) is 6.07 Å². The smallest absolute Gasteiger partial charge is 0.353 e. The quantitative estimate of drug-likeness (QED) is 0.574. The largest absolute Gasteiger partial charge is 0.416 e. The SMILES string of the molecule is CCCCC(CC)C(=O)N1CCN(c2cc(C)nc(-c3cccc(C(F)(F)F)c3)n2)CC1. The van der Waals surface area contributed by atoms with E-state index in [-0.39, 0.29) is 17.6 Å². The van der Waals surface area contributed by atoms with E-state index in [1.807, 2.05) is 17.9 Å². The molecule has 2 heterocycles. The van der Waals surface area contributed by atoms with Crippen molar-refractivity contribution in [2.24, 2.45) is 5.92 Å². The maximum absolute atomic E-state index is 13.1. The fraction of sp³-hybridized carbons (Fsp3) is 0.542. The minimum atomic E-state index is -4.42. The molecule has 1 atom stereocenters. The second-order valence-corrected chi connectivity index (χ2v) is 8.33. The number of unbranched alkanes of at least 4 members (excludes halogenated alkanes) is 1. The predicted molar refractivity (Wildman–Crippen MR) is 119 cm³/mol. The molecule has 1 unspecified atom stereocenters. The minimum absolute atomic E-state index is 0.0790. The van der Waals surface area contributed by atoms with Crippen molar-refractivity contribution in [2.75, 3.05) is 31.1 Å². The van der Waals surface area contributed by atoms with E-state index >= 15 is 0 Å². The normalized spacial score (nSPS) is 15.7. The third kappa shape index (κ3) is 5.78. The molecule has 1 amide bonds. The number of benzene rings is 1. The van der Waals surface area contributed by atoms with E-state index < -0.39 is 11.7 Å². The molecule has 8 heteroatoms. The van der Waals surface area contributed by atoms with Crippen molar-refractivity contribution in [3.05, 3.63) is 41.6 Å². The average molecular weight is 449 g/mol. The van der Waals surface area contributed by atoms with Crippen molar-refractivity contribution in [3.63, 3.8) is 0 Å². The van der Waals surface area contributed by atoms with Crippen molar-refractivity contribution in [2.45, 2.75) is 52.6 Å². The minimum Gasteiger partial charge on any atom is -0.353 e. The number of amides is 1. The number of alkyl halides is 3. The van der Waals surface area contributed by atoms with Crippen molar-refractivity contribution in [1.29, 1.82) is 0 Å². The van der Waals surface area contributed by atoms with Crippen LogP contribution in [0.2, 0.25) is 0 Å². The molecule has 1 aliphatic heterocycles. The van der Waals surface area contributed by atoms with Gasteiger partial charge in [0.2, 0.25) is 5.91 Å². The number of carbonyl (C=O) groups excluding carboxylic acids is 1. The summed E-state index contributed by atoms with van der Waals surface area (Å²) in [5.74, 6) is 1.25. The van der Waals surface area contributed by atoms with Crippen LogP contribution in [-0.2, 0) is 11.0 Å². The molecule has 0 bridgehead atoms. The first-order valence-electron chi connectivity index (χ1n) is 11.3. The van der Waals surface area contributed by atoms with Crippen LogP contribution in [0.3, 0.4) is 0 Å². The molecule has 1 aliphatic rings. The van der Waals surface area contributed by atoms with Gasteiger partial charge in [-0.25, -0.2) is 9.97 Å². The summed E-state index contributed by atoms with van der Waals surface area (Å²) in [7, 11) is 0. The first-order chi connectivity index (χ1) is 15.2. The fourth-order valence-electron chi connectivity index (χ4n) is 4.04. The molecule has 0 aliphatic carbocycles. The zero-order valence-electron chi connectivity index (χ0n) is 19.0. The van der Waals surface area contributed by atoms with E-state index in [0.29, 0.717) is 43.3 Å². The van der Waals surface area contributed by atoms with E-state index in [9.17, 15) is 18.0 Å². The number of halogens is 3. The highest BCUT2D eigenvalue weighted by Gasteiger charge is 2.31. The van der Waals surface area contributed by atoms with Gasteiger partial charge < -0.3 is 9.80 Å². The highest BCUT2D eigenvalue weighted by atomic mass is 19.4.